The number of carbonyl (C=O) groups excluding carboxylic acids is 2. The standard InChI is InChI=1S/C9H11BrN2O4/c1-2-15-5-8(13)11-12-9(14)6-3-4-7(10)16-6/h3-4H,2,5H2,1H3,(H,11,13)(H,12,14). The molecule has 2 amide bonds. The molecule has 6 nitrogen and oxygen atoms in total. The molecule has 0 bridgehead atoms. The molecule has 0 spiro atoms. The summed E-state index contributed by atoms with van der Waals surface area (Å²) in [5.74, 6) is -0.861. The number of hydrogen-bond donors (Lipinski definition) is 2. The Kier molecular flexibility index (Phi) is 5.00. The Bertz CT molecular complexity index is 377. The molecule has 2 N–H and O–H groups in total. The Morgan fingerprint density at radius 1 is 1.44 bits per heavy atom. The van der Waals surface area contributed by atoms with E-state index in [1.165, 1.54) is 6.07 Å². The van der Waals surface area contributed by atoms with E-state index in [2.05, 4.69) is 26.8 Å². The average Bonchev–Trinajstić information content (AvgIpc) is 2.69. The SMILES string of the molecule is CCOCC(=O)NNC(=O)c1ccc(Br)o1. The molecular weight excluding hydrogens is 280 g/mol. The summed E-state index contributed by atoms with van der Waals surface area (Å²) in [7, 11) is 0. The minimum Gasteiger partial charge on any atom is -0.444 e. The highest BCUT2D eigenvalue weighted by molar-refractivity contribution is 9.10. The first-order chi connectivity index (χ1) is 7.63. The molecule has 1 aromatic heterocycles. The fourth-order valence-electron chi connectivity index (χ4n) is 0.855. The molecule has 0 aromatic carbocycles. The van der Waals surface area contributed by atoms with Crippen LogP contribution in [-0.4, -0.2) is 25.0 Å². The van der Waals surface area contributed by atoms with Crippen LogP contribution < -0.4 is 10.9 Å². The summed E-state index contributed by atoms with van der Waals surface area (Å²) in [6.07, 6.45) is 0. The van der Waals surface area contributed by atoms with E-state index in [1.54, 1.807) is 13.0 Å². The molecule has 0 radical (unpaired) electrons. The van der Waals surface area contributed by atoms with Gasteiger partial charge in [-0.15, -0.1) is 0 Å². The predicted octanol–water partition coefficient (Wildman–Crippen LogP) is 0.840. The van der Waals surface area contributed by atoms with Crippen molar-refractivity contribution in [2.75, 3.05) is 13.2 Å². The van der Waals surface area contributed by atoms with Gasteiger partial charge in [-0.3, -0.25) is 20.4 Å². The van der Waals surface area contributed by atoms with E-state index in [-0.39, 0.29) is 12.4 Å². The van der Waals surface area contributed by atoms with Gasteiger partial charge in [-0.1, -0.05) is 0 Å². The van der Waals surface area contributed by atoms with Gasteiger partial charge in [-0.05, 0) is 35.0 Å². The van der Waals surface area contributed by atoms with Crippen LogP contribution in [0.4, 0.5) is 0 Å². The van der Waals surface area contributed by atoms with Crippen molar-refractivity contribution in [2.24, 2.45) is 0 Å². The van der Waals surface area contributed by atoms with Gasteiger partial charge in [0.2, 0.25) is 0 Å². The maximum atomic E-state index is 11.4. The Labute approximate surface area is 100 Å². The summed E-state index contributed by atoms with van der Waals surface area (Å²) < 4.78 is 10.3. The molecule has 1 rings (SSSR count). The highest BCUT2D eigenvalue weighted by Gasteiger charge is 2.10. The molecular formula is C9H11BrN2O4. The number of halogens is 1. The fraction of sp³-hybridized carbons (Fsp3) is 0.333. The minimum atomic E-state index is -0.532. The van der Waals surface area contributed by atoms with Gasteiger partial charge < -0.3 is 9.15 Å². The first kappa shape index (κ1) is 12.7. The van der Waals surface area contributed by atoms with E-state index in [1.807, 2.05) is 0 Å². The van der Waals surface area contributed by atoms with Crippen molar-refractivity contribution in [3.63, 3.8) is 0 Å². The third-order valence-corrected chi connectivity index (χ3v) is 1.98. The molecule has 0 fully saturated rings. The lowest BCUT2D eigenvalue weighted by molar-refractivity contribution is -0.126. The lowest BCUT2D eigenvalue weighted by atomic mass is 10.4. The highest BCUT2D eigenvalue weighted by Crippen LogP contribution is 2.13. The van der Waals surface area contributed by atoms with Gasteiger partial charge in [0.05, 0.1) is 0 Å². The molecule has 0 aliphatic carbocycles. The van der Waals surface area contributed by atoms with Crippen molar-refractivity contribution in [3.8, 4) is 0 Å². The number of hydrazine groups is 1. The molecule has 0 saturated carbocycles. The maximum absolute atomic E-state index is 11.4. The van der Waals surface area contributed by atoms with Crippen LogP contribution in [0.2, 0.25) is 0 Å². The predicted molar refractivity (Wildman–Crippen MR) is 58.5 cm³/mol. The minimum absolute atomic E-state index is 0.0986. The maximum Gasteiger partial charge on any atom is 0.305 e. The molecule has 1 heterocycles. The van der Waals surface area contributed by atoms with Crippen molar-refractivity contribution in [1.82, 2.24) is 10.9 Å². The zero-order valence-corrected chi connectivity index (χ0v) is 10.2. The second-order valence-electron chi connectivity index (χ2n) is 2.74. The van der Waals surface area contributed by atoms with Crippen molar-refractivity contribution in [1.29, 1.82) is 0 Å². The van der Waals surface area contributed by atoms with Gasteiger partial charge in [0.1, 0.15) is 6.61 Å². The van der Waals surface area contributed by atoms with Crippen LogP contribution in [-0.2, 0) is 9.53 Å². The molecule has 0 aliphatic rings. The molecule has 0 saturated heterocycles. The number of carbonyl (C=O) groups is 2. The number of furan rings is 1. The third kappa shape index (κ3) is 4.03. The van der Waals surface area contributed by atoms with Crippen molar-refractivity contribution >= 4 is 27.7 Å². The zero-order chi connectivity index (χ0) is 12.0. The van der Waals surface area contributed by atoms with Crippen LogP contribution in [0.25, 0.3) is 0 Å². The fourth-order valence-corrected chi connectivity index (χ4v) is 1.16. The van der Waals surface area contributed by atoms with Crippen LogP contribution in [0.15, 0.2) is 21.2 Å². The molecule has 0 aliphatic heterocycles. The summed E-state index contributed by atoms with van der Waals surface area (Å²) in [6.45, 7) is 2.11. The molecule has 16 heavy (non-hydrogen) atoms. The second-order valence-corrected chi connectivity index (χ2v) is 3.52. The lowest BCUT2D eigenvalue weighted by Gasteiger charge is -2.05. The summed E-state index contributed by atoms with van der Waals surface area (Å²) in [5, 5.41) is 0. The first-order valence-corrected chi connectivity index (χ1v) is 5.35. The lowest BCUT2D eigenvalue weighted by Crippen LogP contribution is -2.43. The molecule has 0 atom stereocenters. The number of hydrogen-bond acceptors (Lipinski definition) is 4. The second kappa shape index (κ2) is 6.29. The molecule has 0 unspecified atom stereocenters. The summed E-state index contributed by atoms with van der Waals surface area (Å²) in [5.41, 5.74) is 4.37. The van der Waals surface area contributed by atoms with Crippen LogP contribution in [0.3, 0.4) is 0 Å². The highest BCUT2D eigenvalue weighted by atomic mass is 79.9. The molecule has 1 aromatic rings. The normalized spacial score (nSPS) is 9.88. The first-order valence-electron chi connectivity index (χ1n) is 4.55. The Morgan fingerprint density at radius 2 is 2.19 bits per heavy atom. The van der Waals surface area contributed by atoms with E-state index in [0.29, 0.717) is 11.3 Å². The number of ether oxygens (including phenoxy) is 1. The van der Waals surface area contributed by atoms with Crippen molar-refractivity contribution < 1.29 is 18.7 Å². The van der Waals surface area contributed by atoms with Gasteiger partial charge in [0, 0.05) is 6.61 Å². The largest absolute Gasteiger partial charge is 0.444 e. The Morgan fingerprint density at radius 3 is 2.75 bits per heavy atom. The van der Waals surface area contributed by atoms with E-state index in [0.717, 1.165) is 0 Å². The number of amides is 2. The topological polar surface area (TPSA) is 80.6 Å². The number of rotatable bonds is 4. The van der Waals surface area contributed by atoms with Crippen molar-refractivity contribution in [3.05, 3.63) is 22.6 Å². The Hall–Kier alpha value is -1.34. The van der Waals surface area contributed by atoms with Gasteiger partial charge in [-0.25, -0.2) is 0 Å². The van der Waals surface area contributed by atoms with Crippen molar-refractivity contribution in [2.45, 2.75) is 6.92 Å². The summed E-state index contributed by atoms with van der Waals surface area (Å²) >= 11 is 3.06. The smallest absolute Gasteiger partial charge is 0.305 e. The van der Waals surface area contributed by atoms with Gasteiger partial charge in [0.15, 0.2) is 10.4 Å². The van der Waals surface area contributed by atoms with E-state index in [4.69, 9.17) is 9.15 Å². The van der Waals surface area contributed by atoms with Gasteiger partial charge in [-0.2, -0.15) is 0 Å². The van der Waals surface area contributed by atoms with Crippen LogP contribution in [0, 0.1) is 0 Å². The third-order valence-electron chi connectivity index (χ3n) is 1.55. The van der Waals surface area contributed by atoms with Crippen LogP contribution >= 0.6 is 15.9 Å². The zero-order valence-electron chi connectivity index (χ0n) is 8.58. The van der Waals surface area contributed by atoms with E-state index < -0.39 is 11.8 Å². The van der Waals surface area contributed by atoms with Crippen LogP contribution in [0.1, 0.15) is 17.5 Å². The van der Waals surface area contributed by atoms with E-state index >= 15 is 0 Å². The Balaban J connectivity index is 2.33. The summed E-state index contributed by atoms with van der Waals surface area (Å²) in [6, 6.07) is 3.06. The quantitative estimate of drug-likeness (QED) is 0.806. The van der Waals surface area contributed by atoms with Gasteiger partial charge >= 0.3 is 5.91 Å². The molecule has 7 heteroatoms. The monoisotopic (exact) mass is 290 g/mol. The van der Waals surface area contributed by atoms with Crippen LogP contribution in [0.5, 0.6) is 0 Å². The summed E-state index contributed by atoms with van der Waals surface area (Å²) in [4.78, 5) is 22.4. The van der Waals surface area contributed by atoms with Gasteiger partial charge in [0.25, 0.3) is 5.91 Å². The average molecular weight is 291 g/mol. The van der Waals surface area contributed by atoms with E-state index in [9.17, 15) is 9.59 Å². The molecule has 88 valence electrons. The number of nitrogens with one attached hydrogen (secondary N) is 2.